The van der Waals surface area contributed by atoms with E-state index in [2.05, 4.69) is 15.6 Å². The van der Waals surface area contributed by atoms with Gasteiger partial charge in [-0.3, -0.25) is 9.59 Å². The average Bonchev–Trinajstić information content (AvgIpc) is 2.36. The fourth-order valence-electron chi connectivity index (χ4n) is 1.14. The maximum absolute atomic E-state index is 11.6. The summed E-state index contributed by atoms with van der Waals surface area (Å²) in [5.41, 5.74) is 0.173. The molecule has 1 aromatic rings. The van der Waals surface area contributed by atoms with Crippen molar-refractivity contribution >= 4 is 23.4 Å². The summed E-state index contributed by atoms with van der Waals surface area (Å²) in [6, 6.07) is 4.70. The van der Waals surface area contributed by atoms with E-state index >= 15 is 0 Å². The molecule has 18 heavy (non-hydrogen) atoms. The number of hydrogen-bond donors (Lipinski definition) is 2. The molecule has 1 aromatic heterocycles. The Bertz CT molecular complexity index is 426. The first-order chi connectivity index (χ1) is 8.63. The van der Waals surface area contributed by atoms with Crippen molar-refractivity contribution in [3.63, 3.8) is 0 Å². The van der Waals surface area contributed by atoms with E-state index in [1.54, 1.807) is 19.2 Å². The van der Waals surface area contributed by atoms with Crippen molar-refractivity contribution in [2.24, 2.45) is 0 Å². The Balaban J connectivity index is 2.35. The highest BCUT2D eigenvalue weighted by Gasteiger charge is 2.09. The Kier molecular flexibility index (Phi) is 6.10. The van der Waals surface area contributed by atoms with E-state index in [0.29, 0.717) is 13.2 Å². The Morgan fingerprint density at radius 3 is 2.83 bits per heavy atom. The lowest BCUT2D eigenvalue weighted by atomic mass is 10.3. The lowest BCUT2D eigenvalue weighted by Crippen LogP contribution is -2.38. The van der Waals surface area contributed by atoms with E-state index in [1.807, 2.05) is 0 Å². The number of nitrogens with one attached hydrogen (secondary N) is 2. The van der Waals surface area contributed by atoms with Gasteiger partial charge in [0.15, 0.2) is 0 Å². The van der Waals surface area contributed by atoms with E-state index < -0.39 is 5.91 Å². The largest absolute Gasteiger partial charge is 0.383 e. The van der Waals surface area contributed by atoms with Gasteiger partial charge in [-0.1, -0.05) is 17.7 Å². The molecule has 0 spiro atoms. The standard InChI is InChI=1S/C11H14ClN3O3/c1-18-6-5-13-10(16)7-14-11(17)8-3-2-4-9(12)15-8/h2-4H,5-7H2,1H3,(H,13,16)(H,14,17). The lowest BCUT2D eigenvalue weighted by Gasteiger charge is -2.06. The molecule has 0 aromatic carbocycles. The third-order valence-electron chi connectivity index (χ3n) is 1.99. The second-order valence-electron chi connectivity index (χ2n) is 3.37. The van der Waals surface area contributed by atoms with Gasteiger partial charge in [-0.25, -0.2) is 4.98 Å². The number of rotatable bonds is 6. The number of ether oxygens (including phenoxy) is 1. The molecule has 0 saturated carbocycles. The molecule has 1 rings (SSSR count). The van der Waals surface area contributed by atoms with Gasteiger partial charge in [0.2, 0.25) is 5.91 Å². The van der Waals surface area contributed by atoms with Gasteiger partial charge >= 0.3 is 0 Å². The topological polar surface area (TPSA) is 80.3 Å². The fraction of sp³-hybridized carbons (Fsp3) is 0.364. The van der Waals surface area contributed by atoms with Crippen molar-refractivity contribution in [1.29, 1.82) is 0 Å². The van der Waals surface area contributed by atoms with Gasteiger partial charge < -0.3 is 15.4 Å². The average molecular weight is 272 g/mol. The van der Waals surface area contributed by atoms with Crippen LogP contribution in [0.25, 0.3) is 0 Å². The molecule has 0 unspecified atom stereocenters. The van der Waals surface area contributed by atoms with E-state index in [1.165, 1.54) is 6.07 Å². The number of methoxy groups -OCH3 is 1. The number of aromatic nitrogens is 1. The zero-order chi connectivity index (χ0) is 13.4. The van der Waals surface area contributed by atoms with Crippen LogP contribution in [0.4, 0.5) is 0 Å². The molecule has 0 fully saturated rings. The molecule has 6 nitrogen and oxygen atoms in total. The first-order valence-corrected chi connectivity index (χ1v) is 5.67. The van der Waals surface area contributed by atoms with Crippen molar-refractivity contribution in [1.82, 2.24) is 15.6 Å². The number of carbonyl (C=O) groups excluding carboxylic acids is 2. The van der Waals surface area contributed by atoms with Crippen LogP contribution in [-0.2, 0) is 9.53 Å². The molecule has 0 aliphatic rings. The smallest absolute Gasteiger partial charge is 0.270 e. The molecule has 0 aliphatic heterocycles. The van der Waals surface area contributed by atoms with Crippen LogP contribution in [-0.4, -0.2) is 43.6 Å². The third-order valence-corrected chi connectivity index (χ3v) is 2.20. The molecule has 0 atom stereocenters. The Morgan fingerprint density at radius 1 is 1.39 bits per heavy atom. The van der Waals surface area contributed by atoms with Crippen LogP contribution in [0.5, 0.6) is 0 Å². The molecular weight excluding hydrogens is 258 g/mol. The molecule has 2 N–H and O–H groups in total. The number of halogens is 1. The highest BCUT2D eigenvalue weighted by atomic mass is 35.5. The molecule has 0 aliphatic carbocycles. The highest BCUT2D eigenvalue weighted by molar-refractivity contribution is 6.29. The summed E-state index contributed by atoms with van der Waals surface area (Å²) in [7, 11) is 1.54. The van der Waals surface area contributed by atoms with Crippen LogP contribution in [0, 0.1) is 0 Å². The van der Waals surface area contributed by atoms with Crippen LogP contribution in [0.15, 0.2) is 18.2 Å². The summed E-state index contributed by atoms with van der Waals surface area (Å²) in [6.45, 7) is 0.715. The first kappa shape index (κ1) is 14.4. The third kappa shape index (κ3) is 5.11. The van der Waals surface area contributed by atoms with Crippen LogP contribution < -0.4 is 10.6 Å². The molecule has 0 saturated heterocycles. The molecule has 2 amide bonds. The highest BCUT2D eigenvalue weighted by Crippen LogP contribution is 2.04. The molecule has 98 valence electrons. The number of nitrogens with zero attached hydrogens (tertiary/aromatic N) is 1. The fourth-order valence-corrected chi connectivity index (χ4v) is 1.30. The summed E-state index contributed by atoms with van der Waals surface area (Å²) >= 11 is 5.65. The van der Waals surface area contributed by atoms with Crippen LogP contribution in [0.3, 0.4) is 0 Å². The molecule has 0 radical (unpaired) electrons. The minimum absolute atomic E-state index is 0.114. The SMILES string of the molecule is COCCNC(=O)CNC(=O)c1cccc(Cl)n1. The van der Waals surface area contributed by atoms with Gasteiger partial charge in [0.25, 0.3) is 5.91 Å². The normalized spacial score (nSPS) is 9.89. The molecule has 1 heterocycles. The summed E-state index contributed by atoms with van der Waals surface area (Å²) < 4.78 is 4.77. The van der Waals surface area contributed by atoms with Crippen molar-refractivity contribution in [2.45, 2.75) is 0 Å². The second-order valence-corrected chi connectivity index (χ2v) is 3.76. The van der Waals surface area contributed by atoms with E-state index in [-0.39, 0.29) is 23.3 Å². The number of pyridine rings is 1. The second kappa shape index (κ2) is 7.62. The van der Waals surface area contributed by atoms with E-state index in [4.69, 9.17) is 16.3 Å². The van der Waals surface area contributed by atoms with Gasteiger partial charge in [-0.05, 0) is 12.1 Å². The quantitative estimate of drug-likeness (QED) is 0.573. The Morgan fingerprint density at radius 2 is 2.17 bits per heavy atom. The molecular formula is C11H14ClN3O3. The summed E-state index contributed by atoms with van der Waals surface area (Å²) in [6.07, 6.45) is 0. The van der Waals surface area contributed by atoms with Gasteiger partial charge in [-0.15, -0.1) is 0 Å². The van der Waals surface area contributed by atoms with Crippen LogP contribution in [0.1, 0.15) is 10.5 Å². The van der Waals surface area contributed by atoms with E-state index in [0.717, 1.165) is 0 Å². The van der Waals surface area contributed by atoms with Crippen molar-refractivity contribution in [3.05, 3.63) is 29.0 Å². The van der Waals surface area contributed by atoms with Gasteiger partial charge in [0.1, 0.15) is 10.8 Å². The summed E-state index contributed by atoms with van der Waals surface area (Å²) in [4.78, 5) is 26.7. The molecule has 0 bridgehead atoms. The predicted molar refractivity (Wildman–Crippen MR) is 66.5 cm³/mol. The van der Waals surface area contributed by atoms with Gasteiger partial charge in [0.05, 0.1) is 13.2 Å². The molecule has 7 heteroatoms. The maximum atomic E-state index is 11.6. The number of amides is 2. The lowest BCUT2D eigenvalue weighted by molar-refractivity contribution is -0.120. The Hall–Kier alpha value is -1.66. The maximum Gasteiger partial charge on any atom is 0.270 e. The van der Waals surface area contributed by atoms with Crippen LogP contribution in [0.2, 0.25) is 5.15 Å². The summed E-state index contributed by atoms with van der Waals surface area (Å²) in [5.74, 6) is -0.734. The zero-order valence-corrected chi connectivity index (χ0v) is 10.7. The zero-order valence-electron chi connectivity index (χ0n) is 9.90. The van der Waals surface area contributed by atoms with Crippen LogP contribution >= 0.6 is 11.6 Å². The minimum Gasteiger partial charge on any atom is -0.383 e. The van der Waals surface area contributed by atoms with Crippen molar-refractivity contribution in [2.75, 3.05) is 26.8 Å². The van der Waals surface area contributed by atoms with E-state index in [9.17, 15) is 9.59 Å². The minimum atomic E-state index is -0.445. The predicted octanol–water partition coefficient (Wildman–Crippen LogP) is 0.227. The number of hydrogen-bond acceptors (Lipinski definition) is 4. The van der Waals surface area contributed by atoms with Crippen molar-refractivity contribution in [3.8, 4) is 0 Å². The monoisotopic (exact) mass is 271 g/mol. The Labute approximate surface area is 110 Å². The van der Waals surface area contributed by atoms with Gasteiger partial charge in [-0.2, -0.15) is 0 Å². The number of carbonyl (C=O) groups is 2. The first-order valence-electron chi connectivity index (χ1n) is 5.30. The summed E-state index contributed by atoms with van der Waals surface area (Å²) in [5, 5.41) is 5.25. The van der Waals surface area contributed by atoms with Crippen molar-refractivity contribution < 1.29 is 14.3 Å². The van der Waals surface area contributed by atoms with Gasteiger partial charge in [0, 0.05) is 13.7 Å².